The monoisotopic (exact) mass is 326 g/mol. The van der Waals surface area contributed by atoms with Crippen molar-refractivity contribution < 1.29 is 0 Å². The number of aromatic nitrogens is 5. The van der Waals surface area contributed by atoms with Gasteiger partial charge in [0.1, 0.15) is 11.4 Å². The van der Waals surface area contributed by atoms with Crippen molar-refractivity contribution in [2.24, 2.45) is 5.10 Å². The van der Waals surface area contributed by atoms with Crippen LogP contribution in [0.5, 0.6) is 0 Å². The smallest absolute Gasteiger partial charge is 0.288 e. The number of aromatic amines is 1. The Morgan fingerprint density at radius 1 is 1.60 bits per heavy atom. The van der Waals surface area contributed by atoms with Gasteiger partial charge in [-0.2, -0.15) is 14.9 Å². The summed E-state index contributed by atoms with van der Waals surface area (Å²) in [4.78, 5) is 16.8. The van der Waals surface area contributed by atoms with Crippen LogP contribution >= 0.6 is 35.2 Å². The number of nitrogens with one attached hydrogen (secondary N) is 1. The molecule has 0 bridgehead atoms. The minimum Gasteiger partial charge on any atom is -0.288 e. The molecule has 0 aliphatic carbocycles. The van der Waals surface area contributed by atoms with Crippen LogP contribution in [0.3, 0.4) is 0 Å². The van der Waals surface area contributed by atoms with Gasteiger partial charge in [0, 0.05) is 11.6 Å². The lowest BCUT2D eigenvalue weighted by atomic mass is 10.5. The third-order valence-electron chi connectivity index (χ3n) is 2.56. The van der Waals surface area contributed by atoms with Crippen molar-refractivity contribution >= 4 is 46.3 Å². The predicted octanol–water partition coefficient (Wildman–Crippen LogP) is 1.85. The van der Waals surface area contributed by atoms with Crippen molar-refractivity contribution in [2.45, 2.75) is 6.92 Å². The Morgan fingerprint density at radius 2 is 2.40 bits per heavy atom. The normalized spacial score (nSPS) is 11.7. The van der Waals surface area contributed by atoms with E-state index in [1.807, 2.05) is 11.6 Å². The van der Waals surface area contributed by atoms with Crippen molar-refractivity contribution in [3.8, 4) is 0 Å². The Labute approximate surface area is 126 Å². The van der Waals surface area contributed by atoms with Crippen LogP contribution in [0.15, 0.2) is 21.5 Å². The zero-order valence-electron chi connectivity index (χ0n) is 10.1. The number of halogens is 1. The fraction of sp³-hybridized carbons (Fsp3) is 0.100. The first kappa shape index (κ1) is 13.2. The van der Waals surface area contributed by atoms with Crippen LogP contribution < -0.4 is 5.56 Å². The maximum atomic E-state index is 11.9. The second kappa shape index (κ2) is 4.93. The lowest BCUT2D eigenvalue weighted by Gasteiger charge is -1.98. The third kappa shape index (κ3) is 2.09. The van der Waals surface area contributed by atoms with Crippen LogP contribution in [0.25, 0.3) is 4.96 Å². The van der Waals surface area contributed by atoms with Gasteiger partial charge >= 0.3 is 0 Å². The minimum atomic E-state index is -0.382. The summed E-state index contributed by atoms with van der Waals surface area (Å²) < 4.78 is 2.95. The molecule has 0 radical (unpaired) electrons. The highest BCUT2D eigenvalue weighted by atomic mass is 35.5. The van der Waals surface area contributed by atoms with E-state index in [2.05, 4.69) is 20.3 Å². The summed E-state index contributed by atoms with van der Waals surface area (Å²) in [5.74, 6) is 0. The molecule has 3 aromatic heterocycles. The van der Waals surface area contributed by atoms with Crippen LogP contribution in [0.4, 0.5) is 0 Å². The van der Waals surface area contributed by atoms with E-state index in [-0.39, 0.29) is 16.0 Å². The number of hydrogen-bond acceptors (Lipinski definition) is 6. The molecule has 0 aliphatic rings. The van der Waals surface area contributed by atoms with E-state index in [0.717, 1.165) is 9.64 Å². The Bertz CT molecular complexity index is 933. The average molecular weight is 327 g/mol. The summed E-state index contributed by atoms with van der Waals surface area (Å²) in [5.41, 5.74) is 0.474. The Morgan fingerprint density at radius 3 is 3.20 bits per heavy atom. The van der Waals surface area contributed by atoms with E-state index >= 15 is 0 Å². The number of nitrogens with zero attached hydrogens (tertiary/aromatic N) is 5. The largest absolute Gasteiger partial charge is 0.296 e. The lowest BCUT2D eigenvalue weighted by molar-refractivity contribution is 0.720. The molecule has 0 saturated heterocycles. The maximum Gasteiger partial charge on any atom is 0.296 e. The lowest BCUT2D eigenvalue weighted by Crippen LogP contribution is -2.22. The molecule has 0 atom stereocenters. The van der Waals surface area contributed by atoms with Crippen LogP contribution in [-0.4, -0.2) is 30.5 Å². The topological polar surface area (TPSA) is 80.3 Å². The number of thiazole rings is 1. The molecular formula is C10H7ClN6OS2. The SMILES string of the molecule is Cc1n[nH]c(=S)n(/N=C\c2c(Cl)nc3sccn23)c1=O. The number of imidazole rings is 1. The first-order valence-electron chi connectivity index (χ1n) is 5.41. The highest BCUT2D eigenvalue weighted by Gasteiger charge is 2.09. The molecule has 7 nitrogen and oxygen atoms in total. The van der Waals surface area contributed by atoms with E-state index in [4.69, 9.17) is 23.8 Å². The molecule has 0 saturated carbocycles. The molecule has 1 N–H and O–H groups in total. The van der Waals surface area contributed by atoms with Gasteiger partial charge in [0.2, 0.25) is 4.77 Å². The zero-order valence-corrected chi connectivity index (χ0v) is 12.5. The zero-order chi connectivity index (χ0) is 14.3. The van der Waals surface area contributed by atoms with E-state index < -0.39 is 0 Å². The summed E-state index contributed by atoms with van der Waals surface area (Å²) in [6, 6.07) is 0. The molecule has 0 fully saturated rings. The van der Waals surface area contributed by atoms with Gasteiger partial charge in [0.05, 0.1) is 6.21 Å². The van der Waals surface area contributed by atoms with E-state index in [1.165, 1.54) is 17.6 Å². The molecular weight excluding hydrogens is 320 g/mol. The van der Waals surface area contributed by atoms with Crippen molar-refractivity contribution in [1.29, 1.82) is 0 Å². The highest BCUT2D eigenvalue weighted by molar-refractivity contribution is 7.71. The summed E-state index contributed by atoms with van der Waals surface area (Å²) in [5, 5.41) is 12.6. The molecule has 0 amide bonds. The second-order valence-corrected chi connectivity index (χ2v) is 5.44. The van der Waals surface area contributed by atoms with Crippen LogP contribution in [0.1, 0.15) is 11.4 Å². The molecule has 3 heterocycles. The van der Waals surface area contributed by atoms with Crippen LogP contribution in [-0.2, 0) is 0 Å². The molecule has 0 aliphatic heterocycles. The molecule has 102 valence electrons. The summed E-state index contributed by atoms with van der Waals surface area (Å²) in [6.07, 6.45) is 3.26. The highest BCUT2D eigenvalue weighted by Crippen LogP contribution is 2.19. The molecule has 10 heteroatoms. The first-order chi connectivity index (χ1) is 9.58. The summed E-state index contributed by atoms with van der Waals surface area (Å²) in [7, 11) is 0. The van der Waals surface area contributed by atoms with Gasteiger partial charge in [-0.3, -0.25) is 14.3 Å². The Balaban J connectivity index is 2.14. The number of fused-ring (bicyclic) bond motifs is 1. The minimum absolute atomic E-state index is 0.110. The van der Waals surface area contributed by atoms with Crippen molar-refractivity contribution in [3.63, 3.8) is 0 Å². The molecule has 20 heavy (non-hydrogen) atoms. The van der Waals surface area contributed by atoms with Gasteiger partial charge in [-0.05, 0) is 19.1 Å². The van der Waals surface area contributed by atoms with E-state index in [9.17, 15) is 4.79 Å². The standard InChI is InChI=1S/C10H7ClN6OS2/c1-5-8(18)17(9(19)15-14-5)12-4-6-7(11)13-10-16(6)2-3-20-10/h2-4H,1H3,(H,15,19)/b12-4-. The van der Waals surface area contributed by atoms with Gasteiger partial charge in [-0.15, -0.1) is 11.3 Å². The third-order valence-corrected chi connectivity index (χ3v) is 3.86. The van der Waals surface area contributed by atoms with Gasteiger partial charge in [-0.1, -0.05) is 11.6 Å². The quantitative estimate of drug-likeness (QED) is 0.575. The molecule has 0 spiro atoms. The van der Waals surface area contributed by atoms with Gasteiger partial charge in [0.25, 0.3) is 5.56 Å². The summed E-state index contributed by atoms with van der Waals surface area (Å²) >= 11 is 12.5. The predicted molar refractivity (Wildman–Crippen MR) is 79.5 cm³/mol. The molecule has 0 aromatic carbocycles. The number of aryl methyl sites for hydroxylation is 1. The Kier molecular flexibility index (Phi) is 3.24. The van der Waals surface area contributed by atoms with Crippen LogP contribution in [0.2, 0.25) is 5.15 Å². The van der Waals surface area contributed by atoms with Crippen molar-refractivity contribution in [3.05, 3.63) is 43.2 Å². The first-order valence-corrected chi connectivity index (χ1v) is 7.08. The van der Waals surface area contributed by atoms with Gasteiger partial charge < -0.3 is 0 Å². The summed E-state index contributed by atoms with van der Waals surface area (Å²) in [6.45, 7) is 1.57. The number of hydrogen-bond donors (Lipinski definition) is 1. The number of H-pyrrole nitrogens is 1. The van der Waals surface area contributed by atoms with Gasteiger partial charge in [0.15, 0.2) is 10.1 Å². The number of rotatable bonds is 2. The maximum absolute atomic E-state index is 11.9. The average Bonchev–Trinajstić information content (AvgIpc) is 2.96. The van der Waals surface area contributed by atoms with Crippen molar-refractivity contribution in [1.82, 2.24) is 24.3 Å². The second-order valence-electron chi connectivity index (χ2n) is 3.82. The Hall–Kier alpha value is -1.84. The van der Waals surface area contributed by atoms with Gasteiger partial charge in [-0.25, -0.2) is 4.98 Å². The van der Waals surface area contributed by atoms with E-state index in [0.29, 0.717) is 10.8 Å². The van der Waals surface area contributed by atoms with Crippen molar-refractivity contribution in [2.75, 3.05) is 0 Å². The molecule has 3 aromatic rings. The fourth-order valence-corrected chi connectivity index (χ4v) is 2.75. The van der Waals surface area contributed by atoms with E-state index in [1.54, 1.807) is 11.3 Å². The fourth-order valence-electron chi connectivity index (χ4n) is 1.58. The van der Waals surface area contributed by atoms with Crippen LogP contribution in [0, 0.1) is 11.7 Å². The molecule has 3 rings (SSSR count). The molecule has 0 unspecified atom stereocenters.